The van der Waals surface area contributed by atoms with Gasteiger partial charge in [-0.25, -0.2) is 4.98 Å². The third kappa shape index (κ3) is 5.35. The number of benzene rings is 2. The number of amides is 1. The van der Waals surface area contributed by atoms with Gasteiger partial charge in [-0.05, 0) is 66.5 Å². The average Bonchev–Trinajstić information content (AvgIpc) is 3.16. The van der Waals surface area contributed by atoms with Crippen LogP contribution in [0.2, 0.25) is 10.0 Å². The maximum atomic E-state index is 13.4. The molecule has 2 aromatic carbocycles. The van der Waals surface area contributed by atoms with E-state index in [0.29, 0.717) is 57.6 Å². The topological polar surface area (TPSA) is 38.1 Å². The second-order valence-electron chi connectivity index (χ2n) is 10.7. The number of carbonyl (C=O) groups is 1. The lowest BCUT2D eigenvalue weighted by Crippen LogP contribution is -2.42. The summed E-state index contributed by atoms with van der Waals surface area (Å²) in [4.78, 5) is 19.9. The SMILES string of the molecule is CCC(C)(C)C1CCN(C(=O)c2ccc(Cl)c(Cc3nc4c(C)cc(C(F)(F)F)cc4n3C)c2Cl)CC1. The molecule has 9 heteroatoms. The molecule has 0 unspecified atom stereocenters. The van der Waals surface area contributed by atoms with Crippen LogP contribution in [0.15, 0.2) is 24.3 Å². The van der Waals surface area contributed by atoms with E-state index in [9.17, 15) is 18.0 Å². The van der Waals surface area contributed by atoms with Gasteiger partial charge in [-0.1, -0.05) is 50.4 Å². The van der Waals surface area contributed by atoms with E-state index in [4.69, 9.17) is 23.2 Å². The van der Waals surface area contributed by atoms with E-state index in [1.807, 2.05) is 4.90 Å². The number of aryl methyl sites for hydroxylation is 2. The van der Waals surface area contributed by atoms with Crippen molar-refractivity contribution in [3.63, 3.8) is 0 Å². The molecule has 1 aliphatic rings. The van der Waals surface area contributed by atoms with Crippen molar-refractivity contribution in [2.75, 3.05) is 13.1 Å². The Balaban J connectivity index is 1.62. The number of nitrogens with zero attached hydrogens (tertiary/aromatic N) is 3. The Kier molecular flexibility index (Phi) is 7.61. The molecule has 0 spiro atoms. The molecule has 2 heterocycles. The Morgan fingerprint density at radius 1 is 1.14 bits per heavy atom. The number of likely N-dealkylation sites (tertiary alicyclic amines) is 1. The van der Waals surface area contributed by atoms with Crippen molar-refractivity contribution in [3.8, 4) is 0 Å². The molecule has 1 aromatic heterocycles. The van der Waals surface area contributed by atoms with Crippen LogP contribution in [0.3, 0.4) is 0 Å². The summed E-state index contributed by atoms with van der Waals surface area (Å²) < 4.78 is 41.7. The third-order valence-corrected chi connectivity index (χ3v) is 8.93. The fourth-order valence-electron chi connectivity index (χ4n) is 5.23. The lowest BCUT2D eigenvalue weighted by atomic mass is 9.72. The minimum atomic E-state index is -4.45. The first-order valence-corrected chi connectivity index (χ1v) is 13.3. The molecule has 1 fully saturated rings. The standard InChI is InChI=1S/C28H32Cl2F3N3O/c1-6-27(3,4)17-9-11-36(12-10-17)26(37)19-7-8-21(29)20(24(19)30)15-23-34-25-16(2)13-18(28(31,32)33)14-22(25)35(23)5/h7-8,13-14,17H,6,9-12,15H2,1-5H3. The maximum absolute atomic E-state index is 13.4. The van der Waals surface area contributed by atoms with Gasteiger partial charge in [0.1, 0.15) is 5.82 Å². The van der Waals surface area contributed by atoms with Gasteiger partial charge >= 0.3 is 6.18 Å². The van der Waals surface area contributed by atoms with Crippen molar-refractivity contribution in [2.24, 2.45) is 18.4 Å². The Bertz CT molecular complexity index is 1340. The smallest absolute Gasteiger partial charge is 0.339 e. The van der Waals surface area contributed by atoms with Crippen LogP contribution < -0.4 is 0 Å². The number of hydrogen-bond acceptors (Lipinski definition) is 2. The lowest BCUT2D eigenvalue weighted by Gasteiger charge is -2.40. The molecule has 0 atom stereocenters. The van der Waals surface area contributed by atoms with Gasteiger partial charge < -0.3 is 9.47 Å². The van der Waals surface area contributed by atoms with Gasteiger partial charge in [-0.3, -0.25) is 4.79 Å². The largest absolute Gasteiger partial charge is 0.416 e. The second-order valence-corrected chi connectivity index (χ2v) is 11.5. The van der Waals surface area contributed by atoms with Crippen LogP contribution in [0.1, 0.15) is 72.9 Å². The number of aromatic nitrogens is 2. The van der Waals surface area contributed by atoms with Crippen LogP contribution in [-0.4, -0.2) is 33.4 Å². The first-order valence-electron chi connectivity index (χ1n) is 12.5. The zero-order chi connectivity index (χ0) is 27.3. The number of imidazole rings is 1. The van der Waals surface area contributed by atoms with Gasteiger partial charge in [0, 0.05) is 31.6 Å². The molecule has 0 radical (unpaired) electrons. The van der Waals surface area contributed by atoms with Crippen molar-refractivity contribution >= 4 is 40.1 Å². The Hall–Kier alpha value is -2.25. The van der Waals surface area contributed by atoms with Gasteiger partial charge in [0.2, 0.25) is 0 Å². The zero-order valence-electron chi connectivity index (χ0n) is 21.8. The zero-order valence-corrected chi connectivity index (χ0v) is 23.3. The highest BCUT2D eigenvalue weighted by Gasteiger charge is 2.34. The number of alkyl halides is 3. The quantitative estimate of drug-likeness (QED) is 0.320. The summed E-state index contributed by atoms with van der Waals surface area (Å²) in [6.07, 6.45) is -1.28. The van der Waals surface area contributed by atoms with Crippen molar-refractivity contribution < 1.29 is 18.0 Å². The van der Waals surface area contributed by atoms with E-state index in [0.717, 1.165) is 31.4 Å². The minimum absolute atomic E-state index is 0.133. The predicted octanol–water partition coefficient (Wildman–Crippen LogP) is 8.09. The van der Waals surface area contributed by atoms with E-state index < -0.39 is 11.7 Å². The van der Waals surface area contributed by atoms with Gasteiger partial charge in [0.15, 0.2) is 0 Å². The molecule has 0 N–H and O–H groups in total. The highest BCUT2D eigenvalue weighted by atomic mass is 35.5. The first kappa shape index (κ1) is 27.8. The highest BCUT2D eigenvalue weighted by molar-refractivity contribution is 6.38. The molecule has 1 saturated heterocycles. The number of halogens is 5. The highest BCUT2D eigenvalue weighted by Crippen LogP contribution is 2.39. The summed E-state index contributed by atoms with van der Waals surface area (Å²) >= 11 is 13.3. The number of fused-ring (bicyclic) bond motifs is 1. The number of piperidine rings is 1. The number of rotatable bonds is 5. The second kappa shape index (κ2) is 10.1. The van der Waals surface area contributed by atoms with Crippen LogP contribution in [0, 0.1) is 18.3 Å². The first-order chi connectivity index (χ1) is 17.2. The van der Waals surface area contributed by atoms with Crippen molar-refractivity contribution in [1.29, 1.82) is 0 Å². The fraction of sp³-hybridized carbons (Fsp3) is 0.500. The molecule has 3 aromatic rings. The van der Waals surface area contributed by atoms with Gasteiger partial charge in [0.25, 0.3) is 5.91 Å². The van der Waals surface area contributed by atoms with Crippen molar-refractivity contribution in [2.45, 2.75) is 59.6 Å². The summed E-state index contributed by atoms with van der Waals surface area (Å²) in [5.41, 5.74) is 1.73. The summed E-state index contributed by atoms with van der Waals surface area (Å²) in [6.45, 7) is 9.72. The van der Waals surface area contributed by atoms with Crippen molar-refractivity contribution in [3.05, 3.63) is 62.4 Å². The Labute approximate surface area is 225 Å². The summed E-state index contributed by atoms with van der Waals surface area (Å²) in [7, 11) is 1.67. The minimum Gasteiger partial charge on any atom is -0.339 e. The molecule has 0 aliphatic carbocycles. The summed E-state index contributed by atoms with van der Waals surface area (Å²) in [6, 6.07) is 5.50. The van der Waals surface area contributed by atoms with E-state index in [2.05, 4.69) is 25.8 Å². The van der Waals surface area contributed by atoms with Crippen LogP contribution in [0.4, 0.5) is 13.2 Å². The molecule has 1 aliphatic heterocycles. The Morgan fingerprint density at radius 2 is 1.78 bits per heavy atom. The molecule has 0 bridgehead atoms. The van der Waals surface area contributed by atoms with Crippen molar-refractivity contribution in [1.82, 2.24) is 14.5 Å². The molecular weight excluding hydrogens is 522 g/mol. The third-order valence-electron chi connectivity index (χ3n) is 8.15. The Morgan fingerprint density at radius 3 is 2.38 bits per heavy atom. The van der Waals surface area contributed by atoms with Gasteiger partial charge in [-0.15, -0.1) is 0 Å². The van der Waals surface area contributed by atoms with E-state index >= 15 is 0 Å². The lowest BCUT2D eigenvalue weighted by molar-refractivity contribution is -0.137. The van der Waals surface area contributed by atoms with Gasteiger partial charge in [0.05, 0.1) is 27.2 Å². The molecule has 37 heavy (non-hydrogen) atoms. The number of hydrogen-bond donors (Lipinski definition) is 0. The fourth-order valence-corrected chi connectivity index (χ4v) is 5.82. The van der Waals surface area contributed by atoms with E-state index in [1.165, 1.54) is 0 Å². The predicted molar refractivity (Wildman–Crippen MR) is 142 cm³/mol. The molecule has 0 saturated carbocycles. The maximum Gasteiger partial charge on any atom is 0.416 e. The van der Waals surface area contributed by atoms with Crippen LogP contribution >= 0.6 is 23.2 Å². The van der Waals surface area contributed by atoms with Crippen LogP contribution in [-0.2, 0) is 19.6 Å². The molecule has 4 nitrogen and oxygen atoms in total. The molecule has 1 amide bonds. The van der Waals surface area contributed by atoms with E-state index in [1.54, 1.807) is 30.7 Å². The molecule has 4 rings (SSSR count). The average molecular weight is 554 g/mol. The summed E-state index contributed by atoms with van der Waals surface area (Å²) in [5.74, 6) is 0.941. The molecular formula is C28H32Cl2F3N3O. The van der Waals surface area contributed by atoms with E-state index in [-0.39, 0.29) is 22.8 Å². The monoisotopic (exact) mass is 553 g/mol. The van der Waals surface area contributed by atoms with Gasteiger partial charge in [-0.2, -0.15) is 13.2 Å². The normalized spacial score (nSPS) is 15.6. The van der Waals surface area contributed by atoms with Crippen LogP contribution in [0.5, 0.6) is 0 Å². The molecule has 200 valence electrons. The summed E-state index contributed by atoms with van der Waals surface area (Å²) in [5, 5.41) is 0.637. The van der Waals surface area contributed by atoms with Crippen LogP contribution in [0.25, 0.3) is 11.0 Å². The number of carbonyl (C=O) groups excluding carboxylic acids is 1.